The third-order valence-electron chi connectivity index (χ3n) is 8.78. The summed E-state index contributed by atoms with van der Waals surface area (Å²) in [6.07, 6.45) is 5.85. The van der Waals surface area contributed by atoms with Gasteiger partial charge in [-0.1, -0.05) is 24.4 Å². The summed E-state index contributed by atoms with van der Waals surface area (Å²) in [6, 6.07) is 4.03. The maximum Gasteiger partial charge on any atom is 0.430 e. The van der Waals surface area contributed by atoms with Crippen molar-refractivity contribution in [3.63, 3.8) is 0 Å². The number of carbonyl (C=O) groups excluding carboxylic acids is 1. The van der Waals surface area contributed by atoms with Gasteiger partial charge >= 0.3 is 12.3 Å². The zero-order valence-corrected chi connectivity index (χ0v) is 27.5. The molecule has 3 aliphatic rings. The SMILES string of the molecule is Cl.Cl.NC1CCC(Nc2nc(NC3CCN(OC(=O)Nc4ccc(Cl)cc4C(F)(F)F)CC3)c3ncn(C4CCCC4)c3n2)CC1. The van der Waals surface area contributed by atoms with E-state index in [0.717, 1.165) is 61.8 Å². The highest BCUT2D eigenvalue weighted by Gasteiger charge is 2.35. The number of fused-ring (bicyclic) bond motifs is 1. The summed E-state index contributed by atoms with van der Waals surface area (Å²) < 4.78 is 42.4. The Morgan fingerprint density at radius 3 is 2.30 bits per heavy atom. The molecule has 0 atom stereocenters. The van der Waals surface area contributed by atoms with Gasteiger partial charge in [0.25, 0.3) is 0 Å². The summed E-state index contributed by atoms with van der Waals surface area (Å²) in [7, 11) is 0. The van der Waals surface area contributed by atoms with Crippen LogP contribution in [-0.2, 0) is 11.0 Å². The molecule has 1 aromatic carbocycles. The van der Waals surface area contributed by atoms with Crippen molar-refractivity contribution < 1.29 is 22.8 Å². The number of nitrogens with two attached hydrogens (primary N) is 1. The normalized spacial score (nSPS) is 21.3. The minimum Gasteiger partial charge on any atom is -0.365 e. The number of benzene rings is 1. The number of nitrogens with one attached hydrogen (secondary N) is 3. The molecule has 5 N–H and O–H groups in total. The molecule has 3 fully saturated rings. The van der Waals surface area contributed by atoms with E-state index < -0.39 is 23.5 Å². The molecule has 3 heterocycles. The number of halogens is 6. The molecule has 1 amide bonds. The lowest BCUT2D eigenvalue weighted by Gasteiger charge is -2.31. The number of piperidine rings is 1. The van der Waals surface area contributed by atoms with E-state index in [9.17, 15) is 18.0 Å². The number of anilines is 3. The summed E-state index contributed by atoms with van der Waals surface area (Å²) in [5.74, 6) is 1.22. The molecule has 2 aromatic heterocycles. The first-order valence-electron chi connectivity index (χ1n) is 15.3. The molecule has 2 aliphatic carbocycles. The third kappa shape index (κ3) is 8.57. The number of rotatable bonds is 7. The Bertz CT molecular complexity index is 1470. The first-order chi connectivity index (χ1) is 21.1. The van der Waals surface area contributed by atoms with E-state index in [1.54, 1.807) is 0 Å². The monoisotopic (exact) mass is 707 g/mol. The maximum absolute atomic E-state index is 13.4. The van der Waals surface area contributed by atoms with E-state index in [1.165, 1.54) is 24.0 Å². The van der Waals surface area contributed by atoms with Crippen molar-refractivity contribution in [1.82, 2.24) is 24.6 Å². The zero-order chi connectivity index (χ0) is 30.8. The lowest BCUT2D eigenvalue weighted by Crippen LogP contribution is -2.41. The second-order valence-corrected chi connectivity index (χ2v) is 12.4. The summed E-state index contributed by atoms with van der Waals surface area (Å²) >= 11 is 5.73. The van der Waals surface area contributed by atoms with Gasteiger partial charge in [-0.05, 0) is 69.6 Å². The number of imidazole rings is 1. The number of alkyl halides is 3. The molecule has 3 aromatic rings. The van der Waals surface area contributed by atoms with Crippen molar-refractivity contribution in [2.24, 2.45) is 5.73 Å². The van der Waals surface area contributed by atoms with Gasteiger partial charge in [0.15, 0.2) is 17.0 Å². The summed E-state index contributed by atoms with van der Waals surface area (Å²) in [4.78, 5) is 32.2. The third-order valence-corrected chi connectivity index (χ3v) is 9.01. The fourth-order valence-corrected chi connectivity index (χ4v) is 6.54. The van der Waals surface area contributed by atoms with E-state index in [1.807, 2.05) is 6.33 Å². The fourth-order valence-electron chi connectivity index (χ4n) is 6.37. The van der Waals surface area contributed by atoms with Crippen LogP contribution in [0, 0.1) is 0 Å². The van der Waals surface area contributed by atoms with Crippen molar-refractivity contribution in [3.05, 3.63) is 35.1 Å². The first-order valence-corrected chi connectivity index (χ1v) is 15.6. The molecule has 0 radical (unpaired) electrons. The number of hydrogen-bond acceptors (Lipinski definition) is 9. The Kier molecular flexibility index (Phi) is 12.1. The zero-order valence-electron chi connectivity index (χ0n) is 25.1. The molecule has 254 valence electrons. The summed E-state index contributed by atoms with van der Waals surface area (Å²) in [5.41, 5.74) is 6.16. The van der Waals surface area contributed by atoms with Crippen LogP contribution >= 0.6 is 36.4 Å². The largest absolute Gasteiger partial charge is 0.430 e. The van der Waals surface area contributed by atoms with Crippen LogP contribution in [0.1, 0.15) is 75.8 Å². The fraction of sp³-hybridized carbons (Fsp3) is 0.586. The summed E-state index contributed by atoms with van der Waals surface area (Å²) in [6.45, 7) is 0.770. The van der Waals surface area contributed by atoms with Crippen molar-refractivity contribution in [2.45, 2.75) is 94.6 Å². The minimum absolute atomic E-state index is 0. The summed E-state index contributed by atoms with van der Waals surface area (Å²) in [5, 5.41) is 10.6. The molecule has 1 aliphatic heterocycles. The number of hydrogen-bond donors (Lipinski definition) is 4. The highest BCUT2D eigenvalue weighted by atomic mass is 35.5. The Labute approximate surface area is 282 Å². The Hall–Kier alpha value is -2.78. The van der Waals surface area contributed by atoms with Crippen LogP contribution in [0.2, 0.25) is 5.02 Å². The van der Waals surface area contributed by atoms with Gasteiger partial charge in [0.1, 0.15) is 0 Å². The molecule has 0 unspecified atom stereocenters. The lowest BCUT2D eigenvalue weighted by molar-refractivity contribution is -0.137. The average Bonchev–Trinajstić information content (AvgIpc) is 3.66. The molecule has 17 heteroatoms. The van der Waals surface area contributed by atoms with Gasteiger partial charge in [-0.3, -0.25) is 5.32 Å². The number of carbonyl (C=O) groups is 1. The second kappa shape index (κ2) is 15.4. The Balaban J connectivity index is 0.00000240. The van der Waals surface area contributed by atoms with Crippen LogP contribution in [0.3, 0.4) is 0 Å². The van der Waals surface area contributed by atoms with E-state index in [-0.39, 0.29) is 48.0 Å². The number of amides is 1. The molecule has 11 nitrogen and oxygen atoms in total. The molecule has 6 rings (SSSR count). The Morgan fingerprint density at radius 1 is 0.957 bits per heavy atom. The molecular formula is C29H39Cl3F3N9O2. The Morgan fingerprint density at radius 2 is 1.63 bits per heavy atom. The van der Waals surface area contributed by atoms with Gasteiger partial charge < -0.3 is 25.8 Å². The molecule has 2 saturated carbocycles. The minimum atomic E-state index is -4.68. The highest BCUT2D eigenvalue weighted by molar-refractivity contribution is 6.30. The van der Waals surface area contributed by atoms with Crippen LogP contribution in [0.4, 0.5) is 35.4 Å². The van der Waals surface area contributed by atoms with E-state index in [0.29, 0.717) is 43.7 Å². The molecule has 46 heavy (non-hydrogen) atoms. The van der Waals surface area contributed by atoms with Gasteiger partial charge in [0.2, 0.25) is 5.95 Å². The van der Waals surface area contributed by atoms with Crippen molar-refractivity contribution in [1.29, 1.82) is 0 Å². The smallest absolute Gasteiger partial charge is 0.365 e. The maximum atomic E-state index is 13.4. The quantitative estimate of drug-likeness (QED) is 0.201. The number of hydroxylamine groups is 2. The van der Waals surface area contributed by atoms with Crippen LogP contribution in [0.15, 0.2) is 24.5 Å². The van der Waals surface area contributed by atoms with Crippen LogP contribution < -0.4 is 21.7 Å². The predicted octanol–water partition coefficient (Wildman–Crippen LogP) is 7.18. The molecule has 1 saturated heterocycles. The standard InChI is InChI=1S/C29H37ClF3N9O2.2ClH/c30-17-5-10-23(22(15-17)29(31,32)33)38-28(43)44-41-13-11-20(12-14-41)36-25-24-26(42(16-35-24)21-3-1-2-4-21)40-27(39-25)37-19-8-6-18(34)7-9-19;;/h5,10,15-16,18-21H,1-4,6-9,11-14,34H2,(H,38,43)(H2,36,37,39,40);2*1H. The van der Waals surface area contributed by atoms with E-state index >= 15 is 0 Å². The topological polar surface area (TPSA) is 135 Å². The lowest BCUT2D eigenvalue weighted by atomic mass is 9.92. The number of aromatic nitrogens is 4. The van der Waals surface area contributed by atoms with Crippen LogP contribution in [-0.4, -0.2) is 61.9 Å². The van der Waals surface area contributed by atoms with Crippen LogP contribution in [0.25, 0.3) is 11.2 Å². The molecular weight excluding hydrogens is 670 g/mol. The number of nitrogens with zero attached hydrogens (tertiary/aromatic N) is 5. The van der Waals surface area contributed by atoms with Crippen molar-refractivity contribution >= 4 is 71.1 Å². The first kappa shape index (κ1) is 36.1. The second-order valence-electron chi connectivity index (χ2n) is 12.0. The van der Waals surface area contributed by atoms with Gasteiger partial charge in [-0.25, -0.2) is 9.78 Å². The van der Waals surface area contributed by atoms with E-state index in [4.69, 9.17) is 37.1 Å². The van der Waals surface area contributed by atoms with Gasteiger partial charge in [-0.15, -0.1) is 29.9 Å². The average molecular weight is 709 g/mol. The molecule has 0 bridgehead atoms. The van der Waals surface area contributed by atoms with Gasteiger partial charge in [-0.2, -0.15) is 23.1 Å². The highest BCUT2D eigenvalue weighted by Crippen LogP contribution is 2.37. The molecule has 0 spiro atoms. The van der Waals surface area contributed by atoms with Crippen molar-refractivity contribution in [3.8, 4) is 0 Å². The van der Waals surface area contributed by atoms with Gasteiger partial charge in [0.05, 0.1) is 17.6 Å². The predicted molar refractivity (Wildman–Crippen MR) is 176 cm³/mol. The van der Waals surface area contributed by atoms with Gasteiger partial charge in [0, 0.05) is 42.3 Å². The van der Waals surface area contributed by atoms with E-state index in [2.05, 4.69) is 20.5 Å². The van der Waals surface area contributed by atoms with Crippen LogP contribution in [0.5, 0.6) is 0 Å². The van der Waals surface area contributed by atoms with Crippen molar-refractivity contribution in [2.75, 3.05) is 29.0 Å².